The van der Waals surface area contributed by atoms with Crippen molar-refractivity contribution in [1.29, 1.82) is 0 Å². The van der Waals surface area contributed by atoms with Crippen molar-refractivity contribution < 1.29 is 0 Å². The fourth-order valence-corrected chi connectivity index (χ4v) is 11.5. The van der Waals surface area contributed by atoms with E-state index in [0.29, 0.717) is 17.7 Å². The maximum absolute atomic E-state index is 2.77. The molecule has 5 unspecified atom stereocenters. The van der Waals surface area contributed by atoms with Gasteiger partial charge in [0.15, 0.2) is 0 Å². The molecular formula is C56H67BN2. The lowest BCUT2D eigenvalue weighted by Gasteiger charge is -2.55. The zero-order valence-corrected chi connectivity index (χ0v) is 37.6. The summed E-state index contributed by atoms with van der Waals surface area (Å²) in [6.07, 6.45) is 41.8. The van der Waals surface area contributed by atoms with Crippen LogP contribution in [0.4, 0.5) is 17.1 Å². The van der Waals surface area contributed by atoms with Crippen molar-refractivity contribution in [2.75, 3.05) is 9.80 Å². The topological polar surface area (TPSA) is 6.48 Å². The van der Waals surface area contributed by atoms with E-state index in [4.69, 9.17) is 0 Å². The molecule has 2 aliphatic heterocycles. The smallest absolute Gasteiger partial charge is 0.221 e. The fourth-order valence-electron chi connectivity index (χ4n) is 11.5. The lowest BCUT2D eigenvalue weighted by molar-refractivity contribution is 0.325. The normalized spacial score (nSPS) is 26.4. The minimum absolute atomic E-state index is 0.0167. The highest BCUT2D eigenvalue weighted by Gasteiger charge is 2.53. The van der Waals surface area contributed by atoms with Crippen LogP contribution in [0.3, 0.4) is 0 Å². The van der Waals surface area contributed by atoms with Crippen LogP contribution in [-0.2, 0) is 5.41 Å². The molecular weight excluding hydrogens is 711 g/mol. The maximum Gasteiger partial charge on any atom is 0.221 e. The van der Waals surface area contributed by atoms with E-state index in [-0.39, 0.29) is 40.5 Å². The molecule has 9 rings (SSSR count). The van der Waals surface area contributed by atoms with Gasteiger partial charge in [-0.05, 0) is 124 Å². The largest absolute Gasteiger partial charge is 0.339 e. The summed E-state index contributed by atoms with van der Waals surface area (Å²) in [6, 6.07) is 17.5. The highest BCUT2D eigenvalue weighted by atomic mass is 15.2. The van der Waals surface area contributed by atoms with E-state index >= 15 is 0 Å². The second kappa shape index (κ2) is 14.6. The number of benzene rings is 2. The summed E-state index contributed by atoms with van der Waals surface area (Å²) < 4.78 is 0. The van der Waals surface area contributed by atoms with Crippen molar-refractivity contribution in [3.8, 4) is 0 Å². The Morgan fingerprint density at radius 1 is 0.627 bits per heavy atom. The number of anilines is 3. The first-order valence-electron chi connectivity index (χ1n) is 22.8. The van der Waals surface area contributed by atoms with Gasteiger partial charge in [0.05, 0.1) is 12.1 Å². The SMILES string of the molecule is CC(C)(C)C1=CC2B3C4=CC(C(C)(C)C5C=CC=CC5)=CCC4N(c4ccc(C(C)(C)C5C=CC=CC5)cc4)c4cccc(c43)N(C3=CC=C(C(C)(C)C)CC3)C2C=C1. The highest BCUT2D eigenvalue weighted by Crippen LogP contribution is 2.53. The summed E-state index contributed by atoms with van der Waals surface area (Å²) in [7, 11) is 0. The monoisotopic (exact) mass is 779 g/mol. The minimum atomic E-state index is 0.0167. The van der Waals surface area contributed by atoms with Gasteiger partial charge in [-0.15, -0.1) is 0 Å². The van der Waals surface area contributed by atoms with Crippen LogP contribution in [0.5, 0.6) is 0 Å². The van der Waals surface area contributed by atoms with Gasteiger partial charge < -0.3 is 9.80 Å². The molecule has 2 aromatic rings. The average molecular weight is 779 g/mol. The van der Waals surface area contributed by atoms with E-state index in [0.717, 1.165) is 32.1 Å². The van der Waals surface area contributed by atoms with Gasteiger partial charge in [-0.25, -0.2) is 0 Å². The van der Waals surface area contributed by atoms with E-state index in [9.17, 15) is 0 Å². The Morgan fingerprint density at radius 3 is 1.88 bits per heavy atom. The molecule has 3 heteroatoms. The molecule has 0 fully saturated rings. The van der Waals surface area contributed by atoms with Crippen LogP contribution in [0.1, 0.15) is 107 Å². The van der Waals surface area contributed by atoms with E-state index in [1.807, 2.05) is 0 Å². The molecule has 2 heterocycles. The first kappa shape index (κ1) is 39.9. The quantitative estimate of drug-likeness (QED) is 0.270. The summed E-state index contributed by atoms with van der Waals surface area (Å²) in [5, 5.41) is 0. The predicted molar refractivity (Wildman–Crippen MR) is 256 cm³/mol. The Hall–Kier alpha value is -4.50. The number of hydrogen-bond acceptors (Lipinski definition) is 2. The van der Waals surface area contributed by atoms with Crippen LogP contribution < -0.4 is 15.3 Å². The number of nitrogens with zero attached hydrogens (tertiary/aromatic N) is 2. The van der Waals surface area contributed by atoms with Gasteiger partial charge in [0.25, 0.3) is 0 Å². The Bertz CT molecular complexity index is 2310. The van der Waals surface area contributed by atoms with Crippen LogP contribution in [0.2, 0.25) is 5.82 Å². The second-order valence-corrected chi connectivity index (χ2v) is 21.7. The molecule has 0 spiro atoms. The molecule has 0 amide bonds. The molecule has 304 valence electrons. The second-order valence-electron chi connectivity index (χ2n) is 21.7. The Kier molecular flexibility index (Phi) is 9.88. The van der Waals surface area contributed by atoms with Gasteiger partial charge in [0.2, 0.25) is 6.71 Å². The molecule has 7 aliphatic rings. The fraction of sp³-hybridized carbons (Fsp3) is 0.429. The van der Waals surface area contributed by atoms with E-state index in [1.165, 1.54) is 44.9 Å². The van der Waals surface area contributed by atoms with Crippen LogP contribution in [0.15, 0.2) is 161 Å². The van der Waals surface area contributed by atoms with Crippen LogP contribution in [0, 0.1) is 28.1 Å². The number of hydrogen-bond donors (Lipinski definition) is 0. The molecule has 5 aliphatic carbocycles. The van der Waals surface area contributed by atoms with E-state index < -0.39 is 0 Å². The summed E-state index contributed by atoms with van der Waals surface area (Å²) in [6.45, 7) is 24.4. The molecule has 0 radical (unpaired) electrons. The summed E-state index contributed by atoms with van der Waals surface area (Å²) in [4.78, 5) is 5.50. The van der Waals surface area contributed by atoms with Crippen LogP contribution in [0.25, 0.3) is 0 Å². The lowest BCUT2D eigenvalue weighted by atomic mass is 9.27. The molecule has 0 saturated carbocycles. The zero-order chi connectivity index (χ0) is 41.5. The van der Waals surface area contributed by atoms with Crippen molar-refractivity contribution in [3.63, 3.8) is 0 Å². The van der Waals surface area contributed by atoms with Crippen LogP contribution in [-0.4, -0.2) is 18.8 Å². The molecule has 0 saturated heterocycles. The van der Waals surface area contributed by atoms with Crippen molar-refractivity contribution >= 4 is 29.2 Å². The Labute approximate surface area is 357 Å². The van der Waals surface area contributed by atoms with Crippen molar-refractivity contribution in [2.45, 2.75) is 125 Å². The lowest BCUT2D eigenvalue weighted by Crippen LogP contribution is -2.62. The Morgan fingerprint density at radius 2 is 1.29 bits per heavy atom. The summed E-state index contributed by atoms with van der Waals surface area (Å²) in [5.74, 6) is 1.28. The number of fused-ring (bicyclic) bond motifs is 4. The van der Waals surface area contributed by atoms with Crippen molar-refractivity contribution in [3.05, 3.63) is 167 Å². The van der Waals surface area contributed by atoms with Gasteiger partial charge in [-0.2, -0.15) is 0 Å². The molecule has 5 atom stereocenters. The zero-order valence-electron chi connectivity index (χ0n) is 37.6. The minimum Gasteiger partial charge on any atom is -0.339 e. The molecule has 0 bridgehead atoms. The molecule has 0 N–H and O–H groups in total. The van der Waals surface area contributed by atoms with Gasteiger partial charge in [-0.3, -0.25) is 0 Å². The number of allylic oxidation sites excluding steroid dienone is 16. The highest BCUT2D eigenvalue weighted by molar-refractivity contribution is 6.85. The maximum atomic E-state index is 2.77. The van der Waals surface area contributed by atoms with Crippen LogP contribution >= 0.6 is 0 Å². The van der Waals surface area contributed by atoms with E-state index in [1.54, 1.807) is 11.0 Å². The first-order chi connectivity index (χ1) is 28.0. The van der Waals surface area contributed by atoms with Gasteiger partial charge in [-0.1, -0.05) is 184 Å². The van der Waals surface area contributed by atoms with Gasteiger partial charge in [0, 0.05) is 22.8 Å². The first-order valence-corrected chi connectivity index (χ1v) is 22.8. The van der Waals surface area contributed by atoms with Crippen molar-refractivity contribution in [2.24, 2.45) is 28.1 Å². The van der Waals surface area contributed by atoms with E-state index in [2.05, 4.69) is 213 Å². The van der Waals surface area contributed by atoms with Gasteiger partial charge >= 0.3 is 0 Å². The van der Waals surface area contributed by atoms with Gasteiger partial charge in [0.1, 0.15) is 0 Å². The standard InChI is InChI=1S/C56H67BN2/c1-53(2,3)38-24-30-44(31-25-38)58-48-34-28-42(54(4,5)6)36-46(48)57-47-37-43(56(9,10)40-20-15-12-16-21-40)29-35-49(47)59(51-23-17-22-50(58)52(51)57)45-32-26-41(27-33-45)55(7,8)39-18-13-11-14-19-39/h11-18,20,22-24,26-30,32-34,36-37,39-40,46,48-49H,19,21,25,31,35H2,1-10H3. The Balaban J connectivity index is 1.23. The van der Waals surface area contributed by atoms with Crippen molar-refractivity contribution in [1.82, 2.24) is 0 Å². The molecule has 59 heavy (non-hydrogen) atoms. The predicted octanol–water partition coefficient (Wildman–Crippen LogP) is 14.0. The summed E-state index contributed by atoms with van der Waals surface area (Å²) >= 11 is 0. The third-order valence-electron chi connectivity index (χ3n) is 15.5. The molecule has 0 aromatic heterocycles. The average Bonchev–Trinajstić information content (AvgIpc) is 3.23. The molecule has 2 aromatic carbocycles. The summed E-state index contributed by atoms with van der Waals surface area (Å²) in [5.41, 5.74) is 14.8. The third kappa shape index (κ3) is 6.89. The molecule has 2 nitrogen and oxygen atoms in total. The third-order valence-corrected chi connectivity index (χ3v) is 15.5. The number of rotatable bonds is 6.